The molecule has 0 saturated carbocycles. The predicted molar refractivity (Wildman–Crippen MR) is 46.6 cm³/mol. The van der Waals surface area contributed by atoms with Crippen molar-refractivity contribution in [1.29, 1.82) is 0 Å². The molecule has 78 valence electrons. The van der Waals surface area contributed by atoms with Gasteiger partial charge in [-0.1, -0.05) is 6.08 Å². The van der Waals surface area contributed by atoms with E-state index in [1.165, 1.54) is 6.08 Å². The van der Waals surface area contributed by atoms with Crippen LogP contribution in [0.3, 0.4) is 0 Å². The van der Waals surface area contributed by atoms with Crippen LogP contribution in [0.1, 0.15) is 13.3 Å². The molecule has 1 unspecified atom stereocenters. The zero-order chi connectivity index (χ0) is 11.1. The Morgan fingerprint density at radius 2 is 1.93 bits per heavy atom. The molecule has 0 spiro atoms. The summed E-state index contributed by atoms with van der Waals surface area (Å²) < 4.78 is 0. The fourth-order valence-electron chi connectivity index (χ4n) is 0.746. The van der Waals surface area contributed by atoms with Crippen molar-refractivity contribution in [2.75, 3.05) is 0 Å². The van der Waals surface area contributed by atoms with Gasteiger partial charge in [-0.25, -0.2) is 4.79 Å². The largest absolute Gasteiger partial charge is 0.481 e. The maximum Gasteiger partial charge on any atom is 0.326 e. The van der Waals surface area contributed by atoms with Gasteiger partial charge in [0.15, 0.2) is 0 Å². The van der Waals surface area contributed by atoms with Crippen LogP contribution in [0.2, 0.25) is 0 Å². The molecule has 6 heteroatoms. The fourth-order valence-corrected chi connectivity index (χ4v) is 0.746. The van der Waals surface area contributed by atoms with Crippen molar-refractivity contribution >= 4 is 17.8 Å². The van der Waals surface area contributed by atoms with Crippen LogP contribution in [-0.2, 0) is 14.4 Å². The number of carboxylic acids is 2. The number of hydrogen-bond acceptors (Lipinski definition) is 3. The van der Waals surface area contributed by atoms with Gasteiger partial charge >= 0.3 is 11.9 Å². The Bertz CT molecular complexity index is 271. The van der Waals surface area contributed by atoms with Crippen molar-refractivity contribution in [3.8, 4) is 0 Å². The lowest BCUT2D eigenvalue weighted by Crippen LogP contribution is -2.41. The Balaban J connectivity index is 4.30. The van der Waals surface area contributed by atoms with Crippen LogP contribution < -0.4 is 5.32 Å². The second-order valence-corrected chi connectivity index (χ2v) is 2.50. The zero-order valence-corrected chi connectivity index (χ0v) is 7.56. The van der Waals surface area contributed by atoms with E-state index in [-0.39, 0.29) is 0 Å². The van der Waals surface area contributed by atoms with Gasteiger partial charge in [0.1, 0.15) is 6.04 Å². The molecule has 0 rings (SSSR count). The van der Waals surface area contributed by atoms with Gasteiger partial charge in [0.25, 0.3) is 0 Å². The fraction of sp³-hybridized carbons (Fsp3) is 0.375. The molecule has 0 saturated heterocycles. The van der Waals surface area contributed by atoms with E-state index < -0.39 is 30.3 Å². The maximum atomic E-state index is 10.9. The molecule has 6 nitrogen and oxygen atoms in total. The Kier molecular flexibility index (Phi) is 4.98. The number of allylic oxidation sites excluding steroid dienone is 1. The van der Waals surface area contributed by atoms with Crippen LogP contribution in [0.25, 0.3) is 0 Å². The Morgan fingerprint density at radius 3 is 2.29 bits per heavy atom. The molecule has 0 bridgehead atoms. The minimum atomic E-state index is -1.39. The standard InChI is InChI=1S/C8H11NO5/c1-2-3-6(10)9-5(8(13)14)4-7(11)12/h2-3,5H,4H2,1H3,(H,9,10)(H,11,12)(H,13,14)/b3-2+. The molecule has 0 radical (unpaired) electrons. The number of carbonyl (C=O) groups excluding carboxylic acids is 1. The predicted octanol–water partition coefficient (Wildman–Crippen LogP) is -0.393. The van der Waals surface area contributed by atoms with Crippen molar-refractivity contribution in [2.24, 2.45) is 0 Å². The summed E-state index contributed by atoms with van der Waals surface area (Å²) in [6.07, 6.45) is 1.91. The first-order chi connectivity index (χ1) is 6.47. The number of carboxylic acid groups (broad SMARTS) is 2. The molecule has 0 aliphatic carbocycles. The minimum absolute atomic E-state index is 0.624. The smallest absolute Gasteiger partial charge is 0.326 e. The van der Waals surface area contributed by atoms with Crippen LogP contribution in [0.15, 0.2) is 12.2 Å². The van der Waals surface area contributed by atoms with Crippen molar-refractivity contribution < 1.29 is 24.6 Å². The molecule has 0 aliphatic heterocycles. The summed E-state index contributed by atoms with van der Waals surface area (Å²) in [5, 5.41) is 18.9. The monoisotopic (exact) mass is 201 g/mol. The normalized spacial score (nSPS) is 12.4. The Morgan fingerprint density at radius 1 is 1.36 bits per heavy atom. The maximum absolute atomic E-state index is 10.9. The second-order valence-electron chi connectivity index (χ2n) is 2.50. The quantitative estimate of drug-likeness (QED) is 0.525. The van der Waals surface area contributed by atoms with Crippen molar-refractivity contribution in [3.05, 3.63) is 12.2 Å². The number of aliphatic carboxylic acids is 2. The first-order valence-electron chi connectivity index (χ1n) is 3.85. The van der Waals surface area contributed by atoms with Gasteiger partial charge in [-0.05, 0) is 13.0 Å². The summed E-state index contributed by atoms with van der Waals surface area (Å²) in [6.45, 7) is 1.59. The third kappa shape index (κ3) is 4.91. The summed E-state index contributed by atoms with van der Waals surface area (Å²) in [5.74, 6) is -3.27. The lowest BCUT2D eigenvalue weighted by molar-refractivity contribution is -0.146. The number of nitrogens with one attached hydrogen (secondary N) is 1. The molecule has 1 amide bonds. The van der Waals surface area contributed by atoms with Crippen LogP contribution >= 0.6 is 0 Å². The average molecular weight is 201 g/mol. The van der Waals surface area contributed by atoms with Crippen molar-refractivity contribution in [2.45, 2.75) is 19.4 Å². The molecular formula is C8H11NO5. The van der Waals surface area contributed by atoms with Gasteiger partial charge in [-0.3, -0.25) is 9.59 Å². The van der Waals surface area contributed by atoms with E-state index in [1.807, 2.05) is 5.32 Å². The molecule has 0 aromatic carbocycles. The van der Waals surface area contributed by atoms with E-state index in [0.717, 1.165) is 6.08 Å². The molecule has 14 heavy (non-hydrogen) atoms. The summed E-state index contributed by atoms with van der Waals surface area (Å²) >= 11 is 0. The van der Waals surface area contributed by atoms with E-state index in [4.69, 9.17) is 10.2 Å². The molecule has 0 fully saturated rings. The van der Waals surface area contributed by atoms with Crippen LogP contribution in [-0.4, -0.2) is 34.1 Å². The second kappa shape index (κ2) is 5.74. The number of hydrogen-bond donors (Lipinski definition) is 3. The highest BCUT2D eigenvalue weighted by Gasteiger charge is 2.21. The molecule has 0 aromatic heterocycles. The third-order valence-corrected chi connectivity index (χ3v) is 1.31. The highest BCUT2D eigenvalue weighted by Crippen LogP contribution is 1.92. The van der Waals surface area contributed by atoms with E-state index in [0.29, 0.717) is 0 Å². The van der Waals surface area contributed by atoms with Gasteiger partial charge in [0, 0.05) is 0 Å². The topological polar surface area (TPSA) is 104 Å². The SMILES string of the molecule is C/C=C/C(=O)NC(CC(=O)O)C(=O)O. The van der Waals surface area contributed by atoms with Gasteiger partial charge in [-0.15, -0.1) is 0 Å². The van der Waals surface area contributed by atoms with E-state index in [9.17, 15) is 14.4 Å². The Labute approximate surface area is 80.2 Å². The summed E-state index contributed by atoms with van der Waals surface area (Å²) in [7, 11) is 0. The van der Waals surface area contributed by atoms with E-state index >= 15 is 0 Å². The zero-order valence-electron chi connectivity index (χ0n) is 7.56. The summed E-state index contributed by atoms with van der Waals surface area (Å²) in [6, 6.07) is -1.39. The molecule has 3 N–H and O–H groups in total. The van der Waals surface area contributed by atoms with Crippen LogP contribution in [0, 0.1) is 0 Å². The van der Waals surface area contributed by atoms with Gasteiger partial charge in [-0.2, -0.15) is 0 Å². The summed E-state index contributed by atoms with van der Waals surface area (Å²) in [4.78, 5) is 31.6. The third-order valence-electron chi connectivity index (χ3n) is 1.31. The molecule has 1 atom stereocenters. The molecule has 0 aliphatic rings. The van der Waals surface area contributed by atoms with E-state index in [1.54, 1.807) is 6.92 Å². The number of amides is 1. The first kappa shape index (κ1) is 12.2. The van der Waals surface area contributed by atoms with Gasteiger partial charge in [0.2, 0.25) is 5.91 Å². The van der Waals surface area contributed by atoms with E-state index in [2.05, 4.69) is 0 Å². The lowest BCUT2D eigenvalue weighted by atomic mass is 10.2. The molecule has 0 aromatic rings. The lowest BCUT2D eigenvalue weighted by Gasteiger charge is -2.09. The Hall–Kier alpha value is -1.85. The molecular weight excluding hydrogens is 190 g/mol. The van der Waals surface area contributed by atoms with Gasteiger partial charge < -0.3 is 15.5 Å². The molecule has 0 heterocycles. The van der Waals surface area contributed by atoms with Crippen LogP contribution in [0.5, 0.6) is 0 Å². The first-order valence-corrected chi connectivity index (χ1v) is 3.85. The highest BCUT2D eigenvalue weighted by molar-refractivity contribution is 5.92. The van der Waals surface area contributed by atoms with Crippen LogP contribution in [0.4, 0.5) is 0 Å². The average Bonchev–Trinajstić information content (AvgIpc) is 2.02. The number of carbonyl (C=O) groups is 3. The number of rotatable bonds is 5. The van der Waals surface area contributed by atoms with Gasteiger partial charge in [0.05, 0.1) is 6.42 Å². The van der Waals surface area contributed by atoms with Crippen molar-refractivity contribution in [3.63, 3.8) is 0 Å². The summed E-state index contributed by atoms with van der Waals surface area (Å²) in [5.41, 5.74) is 0. The highest BCUT2D eigenvalue weighted by atomic mass is 16.4. The van der Waals surface area contributed by atoms with Crippen molar-refractivity contribution in [1.82, 2.24) is 5.32 Å². The minimum Gasteiger partial charge on any atom is -0.481 e.